The molecule has 2 aromatic rings. The predicted octanol–water partition coefficient (Wildman–Crippen LogP) is 4.81. The molecule has 2 saturated heterocycles. The average Bonchev–Trinajstić information content (AvgIpc) is 3.45. The molecule has 2 fully saturated rings. The van der Waals surface area contributed by atoms with Crippen LogP contribution in [0.1, 0.15) is 43.2 Å². The Morgan fingerprint density at radius 3 is 1.24 bits per heavy atom. The van der Waals surface area contributed by atoms with E-state index in [-0.39, 0.29) is 21.2 Å². The Morgan fingerprint density at radius 2 is 0.939 bits per heavy atom. The molecule has 0 unspecified atom stereocenters. The van der Waals surface area contributed by atoms with Crippen molar-refractivity contribution in [2.45, 2.75) is 45.2 Å². The van der Waals surface area contributed by atoms with Gasteiger partial charge in [0.05, 0.1) is 49.1 Å². The standard InChI is InChI=1S/C25H34N4O4/c30-26(31)24-10-6-22(7-11-24)20-28(14-1-2-15-28)18-5-19-29(16-3-4-17-29)21-23-8-12-25(13-9-23)27(32)33/h6-13H,1-5,14-21H2/q+2. The second-order valence-electron chi connectivity index (χ2n) is 9.96. The number of benzene rings is 2. The van der Waals surface area contributed by atoms with Crippen LogP contribution in [0, 0.1) is 20.2 Å². The maximum Gasteiger partial charge on any atom is 0.269 e. The van der Waals surface area contributed by atoms with E-state index in [9.17, 15) is 20.2 Å². The Morgan fingerprint density at radius 1 is 0.606 bits per heavy atom. The van der Waals surface area contributed by atoms with Crippen molar-refractivity contribution in [2.24, 2.45) is 0 Å². The zero-order valence-electron chi connectivity index (χ0n) is 19.2. The Hall–Kier alpha value is -2.84. The number of hydrogen-bond acceptors (Lipinski definition) is 4. The van der Waals surface area contributed by atoms with Gasteiger partial charge in [0.1, 0.15) is 13.1 Å². The lowest BCUT2D eigenvalue weighted by Crippen LogP contribution is -2.49. The second-order valence-corrected chi connectivity index (χ2v) is 9.96. The van der Waals surface area contributed by atoms with E-state index in [1.54, 1.807) is 24.3 Å². The average molecular weight is 455 g/mol. The lowest BCUT2D eigenvalue weighted by Gasteiger charge is -2.38. The molecule has 2 aliphatic rings. The molecular formula is C25H34N4O4+2. The minimum absolute atomic E-state index is 0.151. The molecule has 0 bridgehead atoms. The van der Waals surface area contributed by atoms with Gasteiger partial charge < -0.3 is 8.97 Å². The van der Waals surface area contributed by atoms with Gasteiger partial charge in [-0.3, -0.25) is 20.2 Å². The van der Waals surface area contributed by atoms with Crippen molar-refractivity contribution in [3.63, 3.8) is 0 Å². The number of nitro groups is 2. The minimum Gasteiger partial charge on any atom is -0.320 e. The second kappa shape index (κ2) is 9.97. The summed E-state index contributed by atoms with van der Waals surface area (Å²) >= 11 is 0. The van der Waals surface area contributed by atoms with Crippen molar-refractivity contribution in [3.8, 4) is 0 Å². The molecule has 0 radical (unpaired) electrons. The summed E-state index contributed by atoms with van der Waals surface area (Å²) in [4.78, 5) is 21.3. The number of quaternary nitrogens is 2. The van der Waals surface area contributed by atoms with Crippen LogP contribution in [0.3, 0.4) is 0 Å². The molecule has 0 aliphatic carbocycles. The maximum absolute atomic E-state index is 11.0. The van der Waals surface area contributed by atoms with Crippen LogP contribution in [-0.2, 0) is 13.1 Å². The molecule has 8 nitrogen and oxygen atoms in total. The third-order valence-corrected chi connectivity index (χ3v) is 7.63. The number of hydrogen-bond donors (Lipinski definition) is 0. The molecule has 176 valence electrons. The highest BCUT2D eigenvalue weighted by atomic mass is 16.6. The first-order valence-corrected chi connectivity index (χ1v) is 12.1. The molecule has 33 heavy (non-hydrogen) atoms. The van der Waals surface area contributed by atoms with E-state index in [2.05, 4.69) is 0 Å². The smallest absolute Gasteiger partial charge is 0.269 e. The van der Waals surface area contributed by atoms with Gasteiger partial charge in [0.2, 0.25) is 0 Å². The van der Waals surface area contributed by atoms with Crippen LogP contribution in [-0.4, -0.2) is 58.1 Å². The molecule has 0 spiro atoms. The number of likely N-dealkylation sites (tertiary alicyclic amines) is 2. The van der Waals surface area contributed by atoms with E-state index in [0.717, 1.165) is 41.6 Å². The lowest BCUT2D eigenvalue weighted by molar-refractivity contribution is -0.947. The van der Waals surface area contributed by atoms with Gasteiger partial charge in [-0.05, 0) is 24.3 Å². The zero-order chi connectivity index (χ0) is 23.3. The normalized spacial score (nSPS) is 18.9. The van der Waals surface area contributed by atoms with Gasteiger partial charge in [0.25, 0.3) is 11.4 Å². The lowest BCUT2D eigenvalue weighted by atomic mass is 10.1. The van der Waals surface area contributed by atoms with E-state index < -0.39 is 0 Å². The maximum atomic E-state index is 11.0. The predicted molar refractivity (Wildman–Crippen MR) is 126 cm³/mol. The monoisotopic (exact) mass is 454 g/mol. The molecular weight excluding hydrogens is 420 g/mol. The van der Waals surface area contributed by atoms with Gasteiger partial charge in [0.15, 0.2) is 0 Å². The largest absolute Gasteiger partial charge is 0.320 e. The first-order chi connectivity index (χ1) is 15.9. The summed E-state index contributed by atoms with van der Waals surface area (Å²) < 4.78 is 2.16. The van der Waals surface area contributed by atoms with Crippen LogP contribution in [0.5, 0.6) is 0 Å². The number of non-ortho nitro benzene ring substituents is 2. The van der Waals surface area contributed by atoms with Crippen LogP contribution in [0.4, 0.5) is 11.4 Å². The fourth-order valence-electron chi connectivity index (χ4n) is 5.90. The summed E-state index contributed by atoms with van der Waals surface area (Å²) in [5.41, 5.74) is 2.66. The van der Waals surface area contributed by atoms with E-state index in [0.29, 0.717) is 0 Å². The molecule has 4 rings (SSSR count). The van der Waals surface area contributed by atoms with Crippen LogP contribution in [0.25, 0.3) is 0 Å². The molecule has 0 atom stereocenters. The summed E-state index contributed by atoms with van der Waals surface area (Å²) in [5.74, 6) is 0. The number of nitrogens with zero attached hydrogens (tertiary/aromatic N) is 4. The van der Waals surface area contributed by atoms with Crippen molar-refractivity contribution >= 4 is 11.4 Å². The summed E-state index contributed by atoms with van der Waals surface area (Å²) in [6.07, 6.45) is 6.14. The van der Waals surface area contributed by atoms with E-state index >= 15 is 0 Å². The fourth-order valence-corrected chi connectivity index (χ4v) is 5.90. The van der Waals surface area contributed by atoms with E-state index in [1.807, 2.05) is 24.3 Å². The van der Waals surface area contributed by atoms with Gasteiger partial charge in [-0.2, -0.15) is 0 Å². The first kappa shape index (κ1) is 23.3. The van der Waals surface area contributed by atoms with Crippen molar-refractivity contribution < 1.29 is 18.8 Å². The topological polar surface area (TPSA) is 86.3 Å². The highest BCUT2D eigenvalue weighted by molar-refractivity contribution is 5.33. The molecule has 0 saturated carbocycles. The van der Waals surface area contributed by atoms with Gasteiger partial charge in [-0.25, -0.2) is 0 Å². The number of rotatable bonds is 10. The summed E-state index contributed by atoms with van der Waals surface area (Å²) in [5, 5.41) is 21.9. The van der Waals surface area contributed by atoms with E-state index in [1.165, 1.54) is 63.0 Å². The third kappa shape index (κ3) is 5.75. The zero-order valence-corrected chi connectivity index (χ0v) is 19.2. The third-order valence-electron chi connectivity index (χ3n) is 7.63. The number of nitro benzene ring substituents is 2. The summed E-state index contributed by atoms with van der Waals surface area (Å²) in [6, 6.07) is 14.2. The Kier molecular flexibility index (Phi) is 7.05. The van der Waals surface area contributed by atoms with Gasteiger partial charge in [-0.1, -0.05) is 0 Å². The Bertz CT molecular complexity index is 883. The molecule has 2 aromatic carbocycles. The highest BCUT2D eigenvalue weighted by Crippen LogP contribution is 2.28. The van der Waals surface area contributed by atoms with Crippen molar-refractivity contribution in [1.29, 1.82) is 0 Å². The van der Waals surface area contributed by atoms with Crippen molar-refractivity contribution in [2.75, 3.05) is 39.3 Å². The molecule has 8 heteroatoms. The van der Waals surface area contributed by atoms with E-state index in [4.69, 9.17) is 0 Å². The summed E-state index contributed by atoms with van der Waals surface area (Å²) in [7, 11) is 0. The molecule has 0 amide bonds. The van der Waals surface area contributed by atoms with Crippen LogP contribution >= 0.6 is 0 Å². The molecule has 2 aliphatic heterocycles. The van der Waals surface area contributed by atoms with Crippen LogP contribution < -0.4 is 0 Å². The minimum atomic E-state index is -0.339. The van der Waals surface area contributed by atoms with Crippen molar-refractivity contribution in [1.82, 2.24) is 0 Å². The van der Waals surface area contributed by atoms with Crippen molar-refractivity contribution in [3.05, 3.63) is 79.9 Å². The Balaban J connectivity index is 1.39. The highest BCUT2D eigenvalue weighted by Gasteiger charge is 2.36. The first-order valence-electron chi connectivity index (χ1n) is 12.1. The Labute approximate surface area is 194 Å². The van der Waals surface area contributed by atoms with Gasteiger partial charge >= 0.3 is 0 Å². The molecule has 0 aromatic heterocycles. The van der Waals surface area contributed by atoms with Crippen LogP contribution in [0.15, 0.2) is 48.5 Å². The van der Waals surface area contributed by atoms with Gasteiger partial charge in [-0.15, -0.1) is 0 Å². The fraction of sp³-hybridized carbons (Fsp3) is 0.520. The van der Waals surface area contributed by atoms with Crippen LogP contribution in [0.2, 0.25) is 0 Å². The summed E-state index contributed by atoms with van der Waals surface area (Å²) in [6.45, 7) is 8.88. The molecule has 2 heterocycles. The molecule has 0 N–H and O–H groups in total. The quantitative estimate of drug-likeness (QED) is 0.293. The van der Waals surface area contributed by atoms with Gasteiger partial charge in [0, 0.05) is 67.5 Å². The SMILES string of the molecule is O=[N+]([O-])c1ccc(C[N+]2(CCC[N+]3(Cc4ccc([N+](=O)[O-])cc4)CCCC3)CCCC2)cc1.